The first-order valence-electron chi connectivity index (χ1n) is 7.67. The van der Waals surface area contributed by atoms with Crippen LogP contribution in [0, 0.1) is 11.7 Å². The fourth-order valence-corrected chi connectivity index (χ4v) is 5.00. The molecular formula is C16H17FN2O4S2. The van der Waals surface area contributed by atoms with Crippen LogP contribution in [0.15, 0.2) is 40.6 Å². The number of nitrogens with one attached hydrogen (secondary N) is 1. The highest BCUT2D eigenvalue weighted by Crippen LogP contribution is 2.24. The number of thiophene rings is 1. The van der Waals surface area contributed by atoms with Gasteiger partial charge in [-0.3, -0.25) is 0 Å². The van der Waals surface area contributed by atoms with Crippen LogP contribution in [0.25, 0.3) is 0 Å². The lowest BCUT2D eigenvalue weighted by atomic mass is 10.1. The Morgan fingerprint density at radius 2 is 2.08 bits per heavy atom. The molecule has 6 nitrogen and oxygen atoms in total. The van der Waals surface area contributed by atoms with Crippen LogP contribution in [0.1, 0.15) is 16.1 Å². The summed E-state index contributed by atoms with van der Waals surface area (Å²) in [6, 6.07) is 7.39. The molecule has 0 aliphatic carbocycles. The summed E-state index contributed by atoms with van der Waals surface area (Å²) in [7, 11) is -3.72. The lowest BCUT2D eigenvalue weighted by Crippen LogP contribution is -2.30. The second-order valence-corrected chi connectivity index (χ2v) is 8.56. The third-order valence-corrected chi connectivity index (χ3v) is 6.61. The first-order chi connectivity index (χ1) is 11.8. The predicted octanol–water partition coefficient (Wildman–Crippen LogP) is 2.39. The molecule has 1 atom stereocenters. The topological polar surface area (TPSA) is 86.7 Å². The molecule has 1 fully saturated rings. The van der Waals surface area contributed by atoms with Crippen molar-refractivity contribution in [2.45, 2.75) is 11.3 Å². The Morgan fingerprint density at radius 1 is 1.36 bits per heavy atom. The molecule has 134 valence electrons. The van der Waals surface area contributed by atoms with Gasteiger partial charge in [0.2, 0.25) is 10.0 Å². The number of carboxylic acid groups (broad SMARTS) is 1. The molecule has 1 aliphatic heterocycles. The van der Waals surface area contributed by atoms with Crippen molar-refractivity contribution in [3.05, 3.63) is 46.4 Å². The van der Waals surface area contributed by atoms with Crippen LogP contribution in [0.5, 0.6) is 0 Å². The van der Waals surface area contributed by atoms with E-state index in [4.69, 9.17) is 5.11 Å². The van der Waals surface area contributed by atoms with Crippen LogP contribution in [0.4, 0.5) is 10.1 Å². The van der Waals surface area contributed by atoms with E-state index in [1.165, 1.54) is 17.5 Å². The van der Waals surface area contributed by atoms with Gasteiger partial charge in [-0.2, -0.15) is 0 Å². The van der Waals surface area contributed by atoms with Crippen LogP contribution >= 0.6 is 11.3 Å². The third-order valence-electron chi connectivity index (χ3n) is 4.14. The first-order valence-corrected chi connectivity index (χ1v) is 10.0. The maximum atomic E-state index is 13.0. The average Bonchev–Trinajstić information content (AvgIpc) is 3.24. The number of anilines is 1. The van der Waals surface area contributed by atoms with Crippen LogP contribution in [0.3, 0.4) is 0 Å². The largest absolute Gasteiger partial charge is 0.477 e. The molecule has 0 unspecified atom stereocenters. The normalized spacial score (nSPS) is 17.8. The Balaban J connectivity index is 1.58. The van der Waals surface area contributed by atoms with Crippen molar-refractivity contribution < 1.29 is 22.7 Å². The van der Waals surface area contributed by atoms with Gasteiger partial charge in [-0.15, -0.1) is 11.3 Å². The van der Waals surface area contributed by atoms with Gasteiger partial charge >= 0.3 is 5.97 Å². The summed E-state index contributed by atoms with van der Waals surface area (Å²) in [5.74, 6) is -1.29. The van der Waals surface area contributed by atoms with Gasteiger partial charge in [-0.25, -0.2) is 22.3 Å². The fraction of sp³-hybridized carbons (Fsp3) is 0.312. The number of sulfonamides is 1. The molecule has 0 spiro atoms. The summed E-state index contributed by atoms with van der Waals surface area (Å²) in [5.41, 5.74) is 0.913. The first kappa shape index (κ1) is 17.8. The molecule has 1 aliphatic rings. The standard InChI is InChI=1S/C16H17FN2O4S2/c17-12-1-3-13(4-2-12)19-6-5-11(9-19)8-18-25(22,23)14-7-15(16(20)21)24-10-14/h1-4,7,10-11,18H,5-6,8-9H2,(H,20,21)/t11-/m1/s1. The number of halogens is 1. The highest BCUT2D eigenvalue weighted by atomic mass is 32.2. The van der Waals surface area contributed by atoms with E-state index in [1.54, 1.807) is 12.1 Å². The summed E-state index contributed by atoms with van der Waals surface area (Å²) in [4.78, 5) is 12.9. The molecule has 1 aromatic heterocycles. The molecule has 3 rings (SSSR count). The van der Waals surface area contributed by atoms with E-state index in [9.17, 15) is 17.6 Å². The minimum absolute atomic E-state index is 0.0104. The van der Waals surface area contributed by atoms with Gasteiger partial charge in [-0.05, 0) is 42.7 Å². The molecule has 9 heteroatoms. The summed E-state index contributed by atoms with van der Waals surface area (Å²) in [5, 5.41) is 10.2. The van der Waals surface area contributed by atoms with Gasteiger partial charge in [0.05, 0.1) is 4.90 Å². The predicted molar refractivity (Wildman–Crippen MR) is 93.2 cm³/mol. The number of hydrogen-bond donors (Lipinski definition) is 2. The molecule has 0 bridgehead atoms. The lowest BCUT2D eigenvalue weighted by molar-refractivity contribution is 0.0702. The van der Waals surface area contributed by atoms with Gasteiger partial charge in [0, 0.05) is 30.7 Å². The zero-order valence-corrected chi connectivity index (χ0v) is 14.8. The van der Waals surface area contributed by atoms with Gasteiger partial charge in [0.1, 0.15) is 10.7 Å². The number of hydrogen-bond acceptors (Lipinski definition) is 5. The van der Waals surface area contributed by atoms with Crippen LogP contribution < -0.4 is 9.62 Å². The van der Waals surface area contributed by atoms with Crippen molar-refractivity contribution in [1.82, 2.24) is 4.72 Å². The quantitative estimate of drug-likeness (QED) is 0.799. The molecular weight excluding hydrogens is 367 g/mol. The van der Waals surface area contributed by atoms with E-state index >= 15 is 0 Å². The summed E-state index contributed by atoms with van der Waals surface area (Å²) >= 11 is 0.884. The van der Waals surface area contributed by atoms with E-state index in [-0.39, 0.29) is 28.1 Å². The number of rotatable bonds is 6. The maximum Gasteiger partial charge on any atom is 0.345 e. The van der Waals surface area contributed by atoms with Crippen molar-refractivity contribution in [1.29, 1.82) is 0 Å². The van der Waals surface area contributed by atoms with Crippen molar-refractivity contribution in [2.75, 3.05) is 24.5 Å². The van der Waals surface area contributed by atoms with E-state index < -0.39 is 16.0 Å². The van der Waals surface area contributed by atoms with Crippen molar-refractivity contribution in [3.8, 4) is 0 Å². The molecule has 1 saturated heterocycles. The summed E-state index contributed by atoms with van der Waals surface area (Å²) in [6.45, 7) is 1.73. The molecule has 2 N–H and O–H groups in total. The molecule has 0 radical (unpaired) electrons. The minimum atomic E-state index is -3.72. The number of nitrogens with zero attached hydrogens (tertiary/aromatic N) is 1. The number of aromatic carboxylic acids is 1. The molecule has 0 amide bonds. The van der Waals surface area contributed by atoms with Gasteiger partial charge in [0.15, 0.2) is 0 Å². The Hall–Kier alpha value is -1.97. The molecule has 1 aromatic carbocycles. The number of carbonyl (C=O) groups is 1. The second kappa shape index (κ2) is 7.11. The summed E-state index contributed by atoms with van der Waals surface area (Å²) in [6.07, 6.45) is 0.823. The van der Waals surface area contributed by atoms with Gasteiger partial charge < -0.3 is 10.0 Å². The van der Waals surface area contributed by atoms with E-state index in [0.29, 0.717) is 6.54 Å². The second-order valence-electron chi connectivity index (χ2n) is 5.88. The van der Waals surface area contributed by atoms with Crippen molar-refractivity contribution in [3.63, 3.8) is 0 Å². The Labute approximate surface area is 149 Å². The highest BCUT2D eigenvalue weighted by Gasteiger charge is 2.25. The minimum Gasteiger partial charge on any atom is -0.477 e. The lowest BCUT2D eigenvalue weighted by Gasteiger charge is -2.18. The fourth-order valence-electron chi connectivity index (χ4n) is 2.77. The van der Waals surface area contributed by atoms with E-state index in [2.05, 4.69) is 9.62 Å². The molecule has 0 saturated carbocycles. The van der Waals surface area contributed by atoms with Crippen molar-refractivity contribution >= 4 is 33.0 Å². The Bertz CT molecular complexity index is 865. The number of benzene rings is 1. The molecule has 2 aromatic rings. The van der Waals surface area contributed by atoms with Gasteiger partial charge in [0.25, 0.3) is 0 Å². The Kier molecular flexibility index (Phi) is 5.07. The van der Waals surface area contributed by atoms with E-state index in [1.807, 2.05) is 0 Å². The average molecular weight is 384 g/mol. The zero-order chi connectivity index (χ0) is 18.0. The smallest absolute Gasteiger partial charge is 0.345 e. The zero-order valence-electron chi connectivity index (χ0n) is 13.2. The Morgan fingerprint density at radius 3 is 2.72 bits per heavy atom. The van der Waals surface area contributed by atoms with Crippen LogP contribution in [-0.4, -0.2) is 39.1 Å². The maximum absolute atomic E-state index is 13.0. The monoisotopic (exact) mass is 384 g/mol. The van der Waals surface area contributed by atoms with Crippen molar-refractivity contribution in [2.24, 2.45) is 5.92 Å². The number of carboxylic acids is 1. The summed E-state index contributed by atoms with van der Waals surface area (Å²) < 4.78 is 40.1. The van der Waals surface area contributed by atoms with Crippen LogP contribution in [0.2, 0.25) is 0 Å². The molecule has 2 heterocycles. The van der Waals surface area contributed by atoms with E-state index in [0.717, 1.165) is 36.1 Å². The molecule has 25 heavy (non-hydrogen) atoms. The van der Waals surface area contributed by atoms with Gasteiger partial charge in [-0.1, -0.05) is 0 Å². The SMILES string of the molecule is O=C(O)c1cc(S(=O)(=O)NC[C@H]2CCN(c3ccc(F)cc3)C2)cs1. The highest BCUT2D eigenvalue weighted by molar-refractivity contribution is 7.89. The third kappa shape index (κ3) is 4.17. The van der Waals surface area contributed by atoms with Crippen LogP contribution in [-0.2, 0) is 10.0 Å².